The molecule has 2 aromatic carbocycles. The number of sulfonamides is 2. The number of alkyl halides is 3. The van der Waals surface area contributed by atoms with Gasteiger partial charge in [-0.1, -0.05) is 17.7 Å². The van der Waals surface area contributed by atoms with E-state index in [1.54, 1.807) is 12.1 Å². The largest absolute Gasteiger partial charge is 0.573 e. The average Bonchev–Trinajstić information content (AvgIpc) is 2.67. The maximum Gasteiger partial charge on any atom is 0.573 e. The second-order valence-electron chi connectivity index (χ2n) is 7.13. The minimum Gasteiger partial charge on any atom is -0.406 e. The van der Waals surface area contributed by atoms with Crippen LogP contribution in [-0.4, -0.2) is 46.6 Å². The molecule has 31 heavy (non-hydrogen) atoms. The number of aryl methyl sites for hydroxylation is 1. The molecule has 0 atom stereocenters. The predicted octanol–water partition coefficient (Wildman–Crippen LogP) is 3.03. The Morgan fingerprint density at radius 2 is 1.42 bits per heavy atom. The minimum atomic E-state index is -4.87. The zero-order chi connectivity index (χ0) is 22.9. The maximum atomic E-state index is 12.7. The highest BCUT2D eigenvalue weighted by Crippen LogP contribution is 2.25. The molecule has 1 N–H and O–H groups in total. The fraction of sp³-hybridized carbons (Fsp3) is 0.368. The van der Waals surface area contributed by atoms with Crippen molar-refractivity contribution in [3.8, 4) is 5.75 Å². The molecular formula is C19H21F3N2O5S2. The molecule has 0 spiro atoms. The lowest BCUT2D eigenvalue weighted by atomic mass is 10.1. The first-order valence-corrected chi connectivity index (χ1v) is 12.2. The molecule has 2 aromatic rings. The van der Waals surface area contributed by atoms with Crippen molar-refractivity contribution < 1.29 is 34.7 Å². The third-order valence-electron chi connectivity index (χ3n) is 4.80. The number of benzene rings is 2. The predicted molar refractivity (Wildman–Crippen MR) is 106 cm³/mol. The van der Waals surface area contributed by atoms with E-state index in [4.69, 9.17) is 0 Å². The molecule has 7 nitrogen and oxygen atoms in total. The van der Waals surface area contributed by atoms with Crippen LogP contribution >= 0.6 is 0 Å². The SMILES string of the molecule is Cc1ccc(S(=O)(=O)N2CCC(NS(=O)(=O)c3ccc(OC(F)(F)F)cc3)CC2)cc1. The third kappa shape index (κ3) is 5.97. The van der Waals surface area contributed by atoms with Gasteiger partial charge in [0.1, 0.15) is 5.75 Å². The lowest BCUT2D eigenvalue weighted by Crippen LogP contribution is -2.46. The van der Waals surface area contributed by atoms with Crippen LogP contribution in [0.4, 0.5) is 13.2 Å². The van der Waals surface area contributed by atoms with Gasteiger partial charge in [-0.05, 0) is 56.2 Å². The first kappa shape index (κ1) is 23.5. The lowest BCUT2D eigenvalue weighted by molar-refractivity contribution is -0.274. The topological polar surface area (TPSA) is 92.8 Å². The molecule has 1 aliphatic rings. The zero-order valence-corrected chi connectivity index (χ0v) is 18.1. The fourth-order valence-corrected chi connectivity index (χ4v) is 5.96. The molecule has 0 aliphatic carbocycles. The highest BCUT2D eigenvalue weighted by molar-refractivity contribution is 7.89. The Hall–Kier alpha value is -2.15. The van der Waals surface area contributed by atoms with Crippen LogP contribution in [0.2, 0.25) is 0 Å². The molecule has 1 heterocycles. The molecule has 0 saturated carbocycles. The van der Waals surface area contributed by atoms with Gasteiger partial charge >= 0.3 is 6.36 Å². The molecule has 0 amide bonds. The van der Waals surface area contributed by atoms with E-state index in [9.17, 15) is 30.0 Å². The summed E-state index contributed by atoms with van der Waals surface area (Å²) in [4.78, 5) is -0.0324. The van der Waals surface area contributed by atoms with Gasteiger partial charge < -0.3 is 4.74 Å². The molecule has 12 heteroatoms. The van der Waals surface area contributed by atoms with Gasteiger partial charge in [0.05, 0.1) is 9.79 Å². The van der Waals surface area contributed by atoms with Crippen molar-refractivity contribution in [2.75, 3.05) is 13.1 Å². The summed E-state index contributed by atoms with van der Waals surface area (Å²) < 4.78 is 94.7. The van der Waals surface area contributed by atoms with Gasteiger partial charge in [0.15, 0.2) is 0 Å². The monoisotopic (exact) mass is 478 g/mol. The number of nitrogens with zero attached hydrogens (tertiary/aromatic N) is 1. The van der Waals surface area contributed by atoms with Crippen LogP contribution in [0.1, 0.15) is 18.4 Å². The van der Waals surface area contributed by atoms with Gasteiger partial charge in [-0.25, -0.2) is 21.6 Å². The highest BCUT2D eigenvalue weighted by atomic mass is 32.2. The van der Waals surface area contributed by atoms with Crippen molar-refractivity contribution in [2.24, 2.45) is 0 Å². The summed E-state index contributed by atoms with van der Waals surface area (Å²) in [6.45, 7) is 2.13. The van der Waals surface area contributed by atoms with Crippen molar-refractivity contribution in [3.63, 3.8) is 0 Å². The van der Waals surface area contributed by atoms with E-state index < -0.39 is 38.2 Å². The Labute approximate surface area is 178 Å². The quantitative estimate of drug-likeness (QED) is 0.689. The molecule has 0 radical (unpaired) electrons. The Bertz CT molecular complexity index is 1110. The molecule has 0 bridgehead atoms. The fourth-order valence-electron chi connectivity index (χ4n) is 3.18. The summed E-state index contributed by atoms with van der Waals surface area (Å²) in [7, 11) is -7.65. The van der Waals surface area contributed by atoms with Crippen molar-refractivity contribution in [1.82, 2.24) is 9.03 Å². The van der Waals surface area contributed by atoms with E-state index in [1.807, 2.05) is 6.92 Å². The molecule has 0 aromatic heterocycles. The molecule has 1 fully saturated rings. The Morgan fingerprint density at radius 1 is 0.903 bits per heavy atom. The van der Waals surface area contributed by atoms with Crippen molar-refractivity contribution in [1.29, 1.82) is 0 Å². The molecular weight excluding hydrogens is 457 g/mol. The summed E-state index contributed by atoms with van der Waals surface area (Å²) >= 11 is 0. The van der Waals surface area contributed by atoms with E-state index in [2.05, 4.69) is 9.46 Å². The lowest BCUT2D eigenvalue weighted by Gasteiger charge is -2.31. The zero-order valence-electron chi connectivity index (χ0n) is 16.5. The average molecular weight is 479 g/mol. The second-order valence-corrected chi connectivity index (χ2v) is 10.8. The summed E-state index contributed by atoms with van der Waals surface area (Å²) in [5.74, 6) is -0.527. The smallest absolute Gasteiger partial charge is 0.406 e. The van der Waals surface area contributed by atoms with Gasteiger partial charge in [0, 0.05) is 19.1 Å². The standard InChI is InChI=1S/C19H21F3N2O5S2/c1-14-2-6-18(7-3-14)31(27,28)24-12-10-15(11-13-24)23-30(25,26)17-8-4-16(5-9-17)29-19(20,21)22/h2-9,15,23H,10-13H2,1H3. The molecule has 3 rings (SSSR count). The summed E-state index contributed by atoms with van der Waals surface area (Å²) in [5.41, 5.74) is 0.935. The summed E-state index contributed by atoms with van der Waals surface area (Å²) in [6.07, 6.45) is -4.34. The van der Waals surface area contributed by atoms with E-state index >= 15 is 0 Å². The number of ether oxygens (including phenoxy) is 1. The van der Waals surface area contributed by atoms with E-state index in [0.717, 1.165) is 29.8 Å². The first-order valence-electron chi connectivity index (χ1n) is 9.32. The summed E-state index contributed by atoms with van der Waals surface area (Å²) in [6, 6.07) is 9.84. The molecule has 170 valence electrons. The molecule has 1 aliphatic heterocycles. The van der Waals surface area contributed by atoms with Crippen molar-refractivity contribution in [3.05, 3.63) is 54.1 Å². The molecule has 1 saturated heterocycles. The Morgan fingerprint density at radius 3 is 1.94 bits per heavy atom. The van der Waals surface area contributed by atoms with Crippen LogP contribution in [0.15, 0.2) is 58.3 Å². The van der Waals surface area contributed by atoms with Crippen LogP contribution in [0.5, 0.6) is 5.75 Å². The van der Waals surface area contributed by atoms with Gasteiger partial charge in [0.25, 0.3) is 0 Å². The minimum absolute atomic E-state index is 0.141. The van der Waals surface area contributed by atoms with Gasteiger partial charge in [-0.3, -0.25) is 0 Å². The van der Waals surface area contributed by atoms with Crippen LogP contribution in [0.25, 0.3) is 0 Å². The van der Waals surface area contributed by atoms with Crippen molar-refractivity contribution >= 4 is 20.0 Å². The van der Waals surface area contributed by atoms with E-state index in [0.29, 0.717) is 0 Å². The van der Waals surface area contributed by atoms with E-state index in [1.165, 1.54) is 16.4 Å². The van der Waals surface area contributed by atoms with E-state index in [-0.39, 0.29) is 35.7 Å². The van der Waals surface area contributed by atoms with Crippen LogP contribution < -0.4 is 9.46 Å². The molecule has 0 unspecified atom stereocenters. The number of hydrogen-bond acceptors (Lipinski definition) is 5. The van der Waals surface area contributed by atoms with Crippen molar-refractivity contribution in [2.45, 2.75) is 42.0 Å². The van der Waals surface area contributed by atoms with Crippen LogP contribution in [0.3, 0.4) is 0 Å². The number of hydrogen-bond donors (Lipinski definition) is 1. The van der Waals surface area contributed by atoms with Gasteiger partial charge in [-0.15, -0.1) is 13.2 Å². The maximum absolute atomic E-state index is 12.7. The number of piperidine rings is 1. The van der Waals surface area contributed by atoms with Gasteiger partial charge in [-0.2, -0.15) is 4.31 Å². The second kappa shape index (κ2) is 8.77. The highest BCUT2D eigenvalue weighted by Gasteiger charge is 2.32. The number of nitrogens with one attached hydrogen (secondary N) is 1. The summed E-state index contributed by atoms with van der Waals surface area (Å²) in [5, 5.41) is 0. The number of rotatable bonds is 6. The first-order chi connectivity index (χ1) is 14.4. The number of halogens is 3. The van der Waals surface area contributed by atoms with Crippen LogP contribution in [-0.2, 0) is 20.0 Å². The van der Waals surface area contributed by atoms with Gasteiger partial charge in [0.2, 0.25) is 20.0 Å². The van der Waals surface area contributed by atoms with Crippen LogP contribution in [0, 0.1) is 6.92 Å². The Balaban J connectivity index is 1.61. The Kier molecular flexibility index (Phi) is 6.65. The normalized spacial score (nSPS) is 16.9. The third-order valence-corrected chi connectivity index (χ3v) is 8.25.